The number of H-pyrrole nitrogens is 1. The first-order chi connectivity index (χ1) is 15.1. The first-order valence-electron chi connectivity index (χ1n) is 8.76. The summed E-state index contributed by atoms with van der Waals surface area (Å²) in [6.07, 6.45) is -0.364. The molecule has 4 rings (SSSR count). The minimum atomic E-state index is -5.19. The first-order valence-corrected chi connectivity index (χ1v) is 8.76. The summed E-state index contributed by atoms with van der Waals surface area (Å²) in [5.74, 6) is -1.77. The number of carbonyl (C=O) groups excluding carboxylic acids is 1. The number of carboxylic acid groups (broad SMARTS) is 1. The van der Waals surface area contributed by atoms with Crippen molar-refractivity contribution in [1.82, 2.24) is 20.1 Å². The minimum Gasteiger partial charge on any atom is -0.542 e. The van der Waals surface area contributed by atoms with Gasteiger partial charge in [-0.3, -0.25) is 0 Å². The Labute approximate surface area is 177 Å². The van der Waals surface area contributed by atoms with E-state index in [-0.39, 0.29) is 5.88 Å². The van der Waals surface area contributed by atoms with Gasteiger partial charge in [0.1, 0.15) is 23.9 Å². The van der Waals surface area contributed by atoms with Crippen molar-refractivity contribution in [2.75, 3.05) is 5.32 Å². The SMILES string of the molecule is C[n+]1ccc(Nc2ncnc3ccc(Oc4ncccc4F)cc23)[nH]1.O=C([O-])C(F)(F)F. The topological polar surface area (TPSA) is 120 Å². The number of hydrogen-bond acceptors (Lipinski definition) is 7. The van der Waals surface area contributed by atoms with Crippen molar-refractivity contribution in [3.05, 3.63) is 60.9 Å². The Morgan fingerprint density at radius 1 is 1.19 bits per heavy atom. The van der Waals surface area contributed by atoms with Gasteiger partial charge >= 0.3 is 6.18 Å². The van der Waals surface area contributed by atoms with Crippen molar-refractivity contribution >= 4 is 28.5 Å². The molecule has 0 spiro atoms. The molecule has 13 heteroatoms. The number of carboxylic acids is 1. The number of aromatic amines is 1. The van der Waals surface area contributed by atoms with Crippen molar-refractivity contribution in [1.29, 1.82) is 0 Å². The molecule has 0 aliphatic carbocycles. The summed E-state index contributed by atoms with van der Waals surface area (Å²) in [5.41, 5.74) is 0.738. The van der Waals surface area contributed by atoms with Gasteiger partial charge in [-0.25, -0.2) is 19.3 Å². The van der Waals surface area contributed by atoms with Crippen LogP contribution >= 0.6 is 0 Å². The number of hydrogen-bond donors (Lipinski definition) is 2. The Morgan fingerprint density at radius 2 is 1.94 bits per heavy atom. The van der Waals surface area contributed by atoms with Crippen molar-refractivity contribution in [2.24, 2.45) is 7.05 Å². The van der Waals surface area contributed by atoms with Gasteiger partial charge in [0.05, 0.1) is 11.6 Å². The zero-order valence-corrected chi connectivity index (χ0v) is 16.2. The normalized spacial score (nSPS) is 10.9. The van der Waals surface area contributed by atoms with E-state index in [1.807, 2.05) is 24.0 Å². The van der Waals surface area contributed by atoms with E-state index in [9.17, 15) is 17.6 Å². The highest BCUT2D eigenvalue weighted by molar-refractivity contribution is 5.91. The minimum absolute atomic E-state index is 0.0791. The highest BCUT2D eigenvalue weighted by Crippen LogP contribution is 2.29. The van der Waals surface area contributed by atoms with E-state index in [1.165, 1.54) is 24.7 Å². The maximum atomic E-state index is 13.7. The molecule has 0 saturated carbocycles. The van der Waals surface area contributed by atoms with E-state index >= 15 is 0 Å². The van der Waals surface area contributed by atoms with Gasteiger partial charge in [0.15, 0.2) is 24.9 Å². The van der Waals surface area contributed by atoms with Crippen LogP contribution in [0.1, 0.15) is 0 Å². The number of ether oxygens (including phenoxy) is 1. The van der Waals surface area contributed by atoms with Gasteiger partial charge in [-0.15, -0.1) is 9.78 Å². The Bertz CT molecular complexity index is 1250. The van der Waals surface area contributed by atoms with Crippen molar-refractivity contribution in [2.45, 2.75) is 6.18 Å². The third-order valence-corrected chi connectivity index (χ3v) is 3.79. The number of alkyl halides is 3. The molecule has 0 fully saturated rings. The fourth-order valence-electron chi connectivity index (χ4n) is 2.40. The summed E-state index contributed by atoms with van der Waals surface area (Å²) >= 11 is 0. The second-order valence-corrected chi connectivity index (χ2v) is 6.16. The molecule has 3 heterocycles. The smallest absolute Gasteiger partial charge is 0.430 e. The molecule has 4 aromatic rings. The van der Waals surface area contributed by atoms with Crippen LogP contribution in [0.25, 0.3) is 10.9 Å². The molecule has 2 N–H and O–H groups in total. The Hall–Kier alpha value is -4.29. The number of rotatable bonds is 4. The van der Waals surface area contributed by atoms with E-state index in [0.29, 0.717) is 11.6 Å². The highest BCUT2D eigenvalue weighted by Gasteiger charge is 2.28. The van der Waals surface area contributed by atoms with Gasteiger partial charge in [-0.1, -0.05) is 0 Å². The molecule has 0 aliphatic heterocycles. The Kier molecular flexibility index (Phi) is 6.47. The van der Waals surface area contributed by atoms with E-state index in [4.69, 9.17) is 14.6 Å². The molecule has 0 amide bonds. The van der Waals surface area contributed by atoms with Crippen LogP contribution in [0, 0.1) is 5.82 Å². The van der Waals surface area contributed by atoms with Crippen LogP contribution in [0.15, 0.2) is 55.1 Å². The summed E-state index contributed by atoms with van der Waals surface area (Å²) in [5, 5.41) is 15.8. The lowest BCUT2D eigenvalue weighted by molar-refractivity contribution is -0.725. The predicted octanol–water partition coefficient (Wildman–Crippen LogP) is 2.15. The zero-order chi connectivity index (χ0) is 23.3. The number of nitrogens with zero attached hydrogens (tertiary/aromatic N) is 4. The fourth-order valence-corrected chi connectivity index (χ4v) is 2.40. The molecule has 9 nitrogen and oxygen atoms in total. The summed E-state index contributed by atoms with van der Waals surface area (Å²) in [4.78, 5) is 21.2. The maximum Gasteiger partial charge on any atom is 0.430 e. The number of fused-ring (bicyclic) bond motifs is 1. The van der Waals surface area contributed by atoms with Crippen LogP contribution in [0.5, 0.6) is 11.6 Å². The first kappa shape index (κ1) is 22.4. The molecule has 1 aromatic carbocycles. The molecule has 0 saturated heterocycles. The molecule has 0 aliphatic rings. The van der Waals surface area contributed by atoms with Crippen LogP contribution < -0.4 is 19.8 Å². The van der Waals surface area contributed by atoms with Crippen LogP contribution in [-0.2, 0) is 11.8 Å². The zero-order valence-electron chi connectivity index (χ0n) is 16.2. The summed E-state index contributed by atoms with van der Waals surface area (Å²) in [7, 11) is 1.89. The average molecular weight is 450 g/mol. The standard InChI is InChI=1S/C17H13FN6O.C2HF3O2/c1-24-8-6-15(23-24)22-16-12-9-11(4-5-14(12)20-10-21-16)25-17-13(18)3-2-7-19-17;3-2(4,5)1(6)7/h2-10H,1H3,(H,20,21,22,23);(H,6,7). The van der Waals surface area contributed by atoms with Crippen molar-refractivity contribution < 1.29 is 36.9 Å². The van der Waals surface area contributed by atoms with E-state index in [1.54, 1.807) is 18.2 Å². The number of aliphatic carboxylic acids is 1. The van der Waals surface area contributed by atoms with Crippen molar-refractivity contribution in [3.8, 4) is 11.6 Å². The van der Waals surface area contributed by atoms with Crippen LogP contribution in [0.4, 0.5) is 29.2 Å². The Balaban J connectivity index is 0.000000360. The van der Waals surface area contributed by atoms with Gasteiger partial charge in [0, 0.05) is 11.6 Å². The van der Waals surface area contributed by atoms with E-state index in [0.717, 1.165) is 16.7 Å². The maximum absolute atomic E-state index is 13.7. The van der Waals surface area contributed by atoms with Gasteiger partial charge in [-0.05, 0) is 30.3 Å². The monoisotopic (exact) mass is 450 g/mol. The largest absolute Gasteiger partial charge is 0.542 e. The molecule has 32 heavy (non-hydrogen) atoms. The van der Waals surface area contributed by atoms with E-state index in [2.05, 4.69) is 25.4 Å². The molecular weight excluding hydrogens is 436 g/mol. The predicted molar refractivity (Wildman–Crippen MR) is 100 cm³/mol. The van der Waals surface area contributed by atoms with Crippen LogP contribution in [0.3, 0.4) is 0 Å². The number of pyridine rings is 1. The number of aromatic nitrogens is 5. The molecule has 166 valence electrons. The summed E-state index contributed by atoms with van der Waals surface area (Å²) < 4.78 is 52.6. The highest BCUT2D eigenvalue weighted by atomic mass is 19.4. The number of aryl methyl sites for hydroxylation is 1. The number of halogens is 4. The van der Waals surface area contributed by atoms with Crippen LogP contribution in [-0.4, -0.2) is 32.2 Å². The molecule has 0 radical (unpaired) electrons. The molecular formula is C19H14F4N6O3. The average Bonchev–Trinajstić information content (AvgIpc) is 3.14. The number of benzene rings is 1. The third kappa shape index (κ3) is 5.65. The van der Waals surface area contributed by atoms with Gasteiger partial charge in [-0.2, -0.15) is 13.2 Å². The lowest BCUT2D eigenvalue weighted by Gasteiger charge is -2.09. The quantitative estimate of drug-likeness (QED) is 0.361. The summed E-state index contributed by atoms with van der Waals surface area (Å²) in [6.45, 7) is 0. The number of carbonyl (C=O) groups is 1. The molecule has 3 aromatic heterocycles. The third-order valence-electron chi connectivity index (χ3n) is 3.79. The number of nitrogens with one attached hydrogen (secondary N) is 2. The second kappa shape index (κ2) is 9.24. The summed E-state index contributed by atoms with van der Waals surface area (Å²) in [6, 6.07) is 9.93. The van der Waals surface area contributed by atoms with Gasteiger partial charge < -0.3 is 20.0 Å². The lowest BCUT2D eigenvalue weighted by atomic mass is 10.2. The molecule has 0 atom stereocenters. The lowest BCUT2D eigenvalue weighted by Crippen LogP contribution is -2.37. The fraction of sp³-hybridized carbons (Fsp3) is 0.105. The number of anilines is 2. The van der Waals surface area contributed by atoms with Crippen LogP contribution in [0.2, 0.25) is 0 Å². The molecule has 0 bridgehead atoms. The second-order valence-electron chi connectivity index (χ2n) is 6.16. The van der Waals surface area contributed by atoms with E-state index < -0.39 is 18.0 Å². The van der Waals surface area contributed by atoms with Gasteiger partial charge in [0.25, 0.3) is 5.88 Å². The van der Waals surface area contributed by atoms with Gasteiger partial charge in [0.2, 0.25) is 0 Å². The van der Waals surface area contributed by atoms with Crippen molar-refractivity contribution in [3.63, 3.8) is 0 Å². The molecule has 0 unspecified atom stereocenters. The Morgan fingerprint density at radius 3 is 2.56 bits per heavy atom.